The number of ether oxygens (including phenoxy) is 2. The number of hydrogen-bond acceptors (Lipinski definition) is 4. The van der Waals surface area contributed by atoms with Gasteiger partial charge in [0, 0.05) is 6.07 Å². The van der Waals surface area contributed by atoms with Crippen molar-refractivity contribution >= 4 is 28.3 Å². The number of benzene rings is 3. The van der Waals surface area contributed by atoms with E-state index in [4.69, 9.17) is 21.1 Å². The number of hydrogen-bond donors (Lipinski definition) is 0. The summed E-state index contributed by atoms with van der Waals surface area (Å²) in [7, 11) is 0. The highest BCUT2D eigenvalue weighted by Gasteiger charge is 2.16. The zero-order valence-electron chi connectivity index (χ0n) is 15.8. The average molecular weight is 407 g/mol. The molecule has 0 aliphatic carbocycles. The van der Waals surface area contributed by atoms with Gasteiger partial charge in [0.25, 0.3) is 0 Å². The quantitative estimate of drug-likeness (QED) is 0.408. The molecule has 0 aliphatic rings. The van der Waals surface area contributed by atoms with E-state index in [1.54, 1.807) is 35.0 Å². The number of halogens is 1. The van der Waals surface area contributed by atoms with Crippen molar-refractivity contribution in [1.82, 2.24) is 9.78 Å². The van der Waals surface area contributed by atoms with Crippen molar-refractivity contribution in [3.63, 3.8) is 0 Å². The van der Waals surface area contributed by atoms with E-state index in [1.165, 1.54) is 0 Å². The lowest BCUT2D eigenvalue weighted by Crippen LogP contribution is -2.15. The van der Waals surface area contributed by atoms with Crippen LogP contribution in [0.2, 0.25) is 5.02 Å². The normalized spacial score (nSPS) is 10.8. The lowest BCUT2D eigenvalue weighted by Gasteiger charge is -2.10. The first-order chi connectivity index (χ1) is 14.1. The molecule has 146 valence electrons. The summed E-state index contributed by atoms with van der Waals surface area (Å²) in [5, 5.41) is 7.02. The van der Waals surface area contributed by atoms with Gasteiger partial charge in [-0.2, -0.15) is 5.10 Å². The molecule has 0 aliphatic heterocycles. The number of nitrogens with zero attached hydrogens (tertiary/aromatic N) is 2. The standard InChI is InChI=1S/C23H19ClN2O3/c1-16-14-22(29-23(27)20-8-4-5-9-21(20)24)26(25-16)12-13-28-19-11-10-17-6-2-3-7-18(17)15-19/h2-11,14-15H,12-13H2,1H3. The van der Waals surface area contributed by atoms with Gasteiger partial charge >= 0.3 is 5.97 Å². The monoisotopic (exact) mass is 406 g/mol. The van der Waals surface area contributed by atoms with Gasteiger partial charge in [0.1, 0.15) is 12.4 Å². The van der Waals surface area contributed by atoms with Gasteiger partial charge in [-0.3, -0.25) is 0 Å². The molecule has 3 aromatic carbocycles. The van der Waals surface area contributed by atoms with Crippen LogP contribution in [0.3, 0.4) is 0 Å². The van der Waals surface area contributed by atoms with E-state index < -0.39 is 5.97 Å². The Morgan fingerprint density at radius 2 is 1.76 bits per heavy atom. The summed E-state index contributed by atoms with van der Waals surface area (Å²) in [5.74, 6) is 0.615. The second kappa shape index (κ2) is 8.37. The molecule has 0 bridgehead atoms. The zero-order valence-corrected chi connectivity index (χ0v) is 16.6. The largest absolute Gasteiger partial charge is 0.492 e. The molecule has 1 aromatic heterocycles. The molecule has 0 spiro atoms. The second-order valence-electron chi connectivity index (χ2n) is 6.57. The summed E-state index contributed by atoms with van der Waals surface area (Å²) in [4.78, 5) is 12.4. The fraction of sp³-hybridized carbons (Fsp3) is 0.130. The third-order valence-corrected chi connectivity index (χ3v) is 4.78. The first-order valence-corrected chi connectivity index (χ1v) is 9.61. The highest BCUT2D eigenvalue weighted by atomic mass is 35.5. The molecule has 0 saturated carbocycles. The molecule has 1 heterocycles. The zero-order chi connectivity index (χ0) is 20.2. The molecule has 5 nitrogen and oxygen atoms in total. The van der Waals surface area contributed by atoms with Crippen molar-refractivity contribution in [2.45, 2.75) is 13.5 Å². The molecule has 4 aromatic rings. The third-order valence-electron chi connectivity index (χ3n) is 4.45. The van der Waals surface area contributed by atoms with Gasteiger partial charge in [0.15, 0.2) is 0 Å². The molecule has 0 fully saturated rings. The Hall–Kier alpha value is -3.31. The van der Waals surface area contributed by atoms with Crippen molar-refractivity contribution in [3.8, 4) is 11.6 Å². The SMILES string of the molecule is Cc1cc(OC(=O)c2ccccc2Cl)n(CCOc2ccc3ccccc3c2)n1. The fourth-order valence-corrected chi connectivity index (χ4v) is 3.26. The summed E-state index contributed by atoms with van der Waals surface area (Å²) in [6, 6.07) is 22.6. The molecule has 29 heavy (non-hydrogen) atoms. The highest BCUT2D eigenvalue weighted by Crippen LogP contribution is 2.22. The molecule has 0 unspecified atom stereocenters. The molecule has 6 heteroatoms. The van der Waals surface area contributed by atoms with Gasteiger partial charge in [-0.05, 0) is 42.0 Å². The van der Waals surface area contributed by atoms with Crippen LogP contribution in [0.5, 0.6) is 11.6 Å². The van der Waals surface area contributed by atoms with Crippen LogP contribution in [0.25, 0.3) is 10.8 Å². The fourth-order valence-electron chi connectivity index (χ4n) is 3.05. The van der Waals surface area contributed by atoms with Gasteiger partial charge < -0.3 is 9.47 Å². The Kier molecular flexibility index (Phi) is 5.49. The molecule has 0 N–H and O–H groups in total. The van der Waals surface area contributed by atoms with Crippen LogP contribution >= 0.6 is 11.6 Å². The van der Waals surface area contributed by atoms with Crippen LogP contribution in [0.1, 0.15) is 16.1 Å². The average Bonchev–Trinajstić information content (AvgIpc) is 3.07. The molecule has 4 rings (SSSR count). The molecular formula is C23H19ClN2O3. The maximum absolute atomic E-state index is 12.4. The van der Waals surface area contributed by atoms with Gasteiger partial charge in [-0.1, -0.05) is 54.1 Å². The second-order valence-corrected chi connectivity index (χ2v) is 6.98. The van der Waals surface area contributed by atoms with Crippen molar-refractivity contribution < 1.29 is 14.3 Å². The summed E-state index contributed by atoms with van der Waals surface area (Å²) in [6.45, 7) is 2.66. The first kappa shape index (κ1) is 19.0. The van der Waals surface area contributed by atoms with E-state index in [2.05, 4.69) is 11.2 Å². The van der Waals surface area contributed by atoms with E-state index in [-0.39, 0.29) is 0 Å². The minimum Gasteiger partial charge on any atom is -0.492 e. The summed E-state index contributed by atoms with van der Waals surface area (Å²) >= 11 is 6.08. The summed E-state index contributed by atoms with van der Waals surface area (Å²) < 4.78 is 13.0. The predicted molar refractivity (Wildman–Crippen MR) is 113 cm³/mol. The van der Waals surface area contributed by atoms with Crippen molar-refractivity contribution in [3.05, 3.63) is 89.1 Å². The maximum atomic E-state index is 12.4. The number of carbonyl (C=O) groups excluding carboxylic acids is 1. The molecule has 0 radical (unpaired) electrons. The van der Waals surface area contributed by atoms with E-state index in [0.29, 0.717) is 29.6 Å². The Morgan fingerprint density at radius 3 is 2.59 bits per heavy atom. The van der Waals surface area contributed by atoms with Crippen LogP contribution in [0, 0.1) is 6.92 Å². The van der Waals surface area contributed by atoms with Crippen molar-refractivity contribution in [2.75, 3.05) is 6.61 Å². The van der Waals surface area contributed by atoms with E-state index in [1.807, 2.05) is 43.3 Å². The summed E-state index contributed by atoms with van der Waals surface area (Å²) in [6.07, 6.45) is 0. The van der Waals surface area contributed by atoms with E-state index >= 15 is 0 Å². The van der Waals surface area contributed by atoms with Crippen molar-refractivity contribution in [2.24, 2.45) is 0 Å². The maximum Gasteiger partial charge on any atom is 0.346 e. The van der Waals surface area contributed by atoms with Crippen LogP contribution < -0.4 is 9.47 Å². The van der Waals surface area contributed by atoms with Crippen LogP contribution in [-0.2, 0) is 6.54 Å². The lowest BCUT2D eigenvalue weighted by molar-refractivity contribution is 0.0716. The Bertz CT molecular complexity index is 1170. The van der Waals surface area contributed by atoms with Crippen LogP contribution in [-0.4, -0.2) is 22.4 Å². The van der Waals surface area contributed by atoms with Gasteiger partial charge in [0.2, 0.25) is 5.88 Å². The number of aromatic nitrogens is 2. The lowest BCUT2D eigenvalue weighted by atomic mass is 10.1. The van der Waals surface area contributed by atoms with Gasteiger partial charge in [0.05, 0.1) is 22.8 Å². The van der Waals surface area contributed by atoms with Crippen LogP contribution in [0.4, 0.5) is 0 Å². The Morgan fingerprint density at radius 1 is 1.00 bits per heavy atom. The Balaban J connectivity index is 1.42. The van der Waals surface area contributed by atoms with E-state index in [0.717, 1.165) is 22.2 Å². The first-order valence-electron chi connectivity index (χ1n) is 9.23. The Labute approximate surface area is 173 Å². The minimum absolute atomic E-state index is 0.312. The molecule has 0 atom stereocenters. The third kappa shape index (κ3) is 4.41. The smallest absolute Gasteiger partial charge is 0.346 e. The predicted octanol–water partition coefficient (Wildman–Crippen LogP) is 5.30. The number of rotatable bonds is 6. The number of esters is 1. The number of carbonyl (C=O) groups is 1. The highest BCUT2D eigenvalue weighted by molar-refractivity contribution is 6.33. The molecule has 0 amide bonds. The van der Waals surface area contributed by atoms with Gasteiger partial charge in [-0.25, -0.2) is 9.48 Å². The van der Waals surface area contributed by atoms with Crippen molar-refractivity contribution in [1.29, 1.82) is 0 Å². The minimum atomic E-state index is -0.521. The number of aryl methyl sites for hydroxylation is 1. The molecular weight excluding hydrogens is 388 g/mol. The van der Waals surface area contributed by atoms with Crippen LogP contribution in [0.15, 0.2) is 72.8 Å². The topological polar surface area (TPSA) is 53.4 Å². The summed E-state index contributed by atoms with van der Waals surface area (Å²) in [5.41, 5.74) is 1.06. The molecule has 0 saturated heterocycles. The van der Waals surface area contributed by atoms with Gasteiger partial charge in [-0.15, -0.1) is 0 Å². The van der Waals surface area contributed by atoms with E-state index in [9.17, 15) is 4.79 Å². The number of fused-ring (bicyclic) bond motifs is 1.